The molecule has 2 amide bonds. The lowest BCUT2D eigenvalue weighted by atomic mass is 10.1. The average Bonchev–Trinajstić information content (AvgIpc) is 2.93. The molecule has 1 aliphatic heterocycles. The maximum absolute atomic E-state index is 12.2. The molecule has 0 aromatic heterocycles. The second kappa shape index (κ2) is 7.76. The summed E-state index contributed by atoms with van der Waals surface area (Å²) in [5.74, 6) is 1.38. The Morgan fingerprint density at radius 3 is 2.48 bits per heavy atom. The third kappa shape index (κ3) is 4.87. The van der Waals surface area contributed by atoms with Crippen LogP contribution in [0.4, 0.5) is 0 Å². The number of rotatable bonds is 6. The normalized spacial score (nSPS) is 17.6. The lowest BCUT2D eigenvalue weighted by Crippen LogP contribution is -2.44. The third-order valence-electron chi connectivity index (χ3n) is 4.39. The van der Waals surface area contributed by atoms with Crippen LogP contribution < -0.4 is 14.8 Å². The highest BCUT2D eigenvalue weighted by molar-refractivity contribution is 5.82. The van der Waals surface area contributed by atoms with Crippen LogP contribution in [0.25, 0.3) is 0 Å². The highest BCUT2D eigenvalue weighted by Gasteiger charge is 2.36. The van der Waals surface area contributed by atoms with Gasteiger partial charge in [0.25, 0.3) is 0 Å². The Morgan fingerprint density at radius 2 is 1.92 bits per heavy atom. The zero-order valence-electron chi connectivity index (χ0n) is 15.7. The maximum Gasteiger partial charge on any atom is 0.225 e. The Morgan fingerprint density at radius 1 is 1.24 bits per heavy atom. The molecule has 0 aliphatic carbocycles. The van der Waals surface area contributed by atoms with Crippen molar-refractivity contribution in [3.8, 4) is 11.5 Å². The number of ether oxygens (including phenoxy) is 2. The number of carbonyl (C=O) groups excluding carboxylic acids is 2. The van der Waals surface area contributed by atoms with Gasteiger partial charge in [-0.1, -0.05) is 6.07 Å². The molecule has 1 fully saturated rings. The van der Waals surface area contributed by atoms with Crippen LogP contribution in [0.5, 0.6) is 11.5 Å². The molecule has 0 saturated carbocycles. The van der Waals surface area contributed by atoms with Crippen LogP contribution >= 0.6 is 0 Å². The van der Waals surface area contributed by atoms with Gasteiger partial charge in [-0.25, -0.2) is 0 Å². The van der Waals surface area contributed by atoms with Gasteiger partial charge in [0.15, 0.2) is 11.5 Å². The quantitative estimate of drug-likeness (QED) is 0.855. The van der Waals surface area contributed by atoms with Gasteiger partial charge < -0.3 is 19.7 Å². The van der Waals surface area contributed by atoms with Gasteiger partial charge in [0.1, 0.15) is 0 Å². The van der Waals surface area contributed by atoms with Gasteiger partial charge in [-0.15, -0.1) is 0 Å². The van der Waals surface area contributed by atoms with Gasteiger partial charge in [0.2, 0.25) is 11.8 Å². The zero-order valence-corrected chi connectivity index (χ0v) is 15.7. The van der Waals surface area contributed by atoms with Gasteiger partial charge in [-0.05, 0) is 44.9 Å². The van der Waals surface area contributed by atoms with Crippen LogP contribution in [-0.2, 0) is 16.0 Å². The minimum atomic E-state index is -0.212. The van der Waals surface area contributed by atoms with Crippen molar-refractivity contribution in [2.45, 2.75) is 51.6 Å². The zero-order chi connectivity index (χ0) is 18.6. The number of methoxy groups -OCH3 is 2. The summed E-state index contributed by atoms with van der Waals surface area (Å²) >= 11 is 0. The fourth-order valence-electron chi connectivity index (χ4n) is 3.05. The molecule has 1 aromatic carbocycles. The van der Waals surface area contributed by atoms with E-state index in [2.05, 4.69) is 5.32 Å². The number of nitrogens with zero attached hydrogens (tertiary/aromatic N) is 1. The Balaban J connectivity index is 1.86. The van der Waals surface area contributed by atoms with Crippen LogP contribution in [0, 0.1) is 0 Å². The molecule has 138 valence electrons. The minimum absolute atomic E-state index is 0.0386. The molecule has 1 aliphatic rings. The molecule has 0 bridgehead atoms. The van der Waals surface area contributed by atoms with Crippen molar-refractivity contribution in [1.82, 2.24) is 10.2 Å². The number of amides is 2. The van der Waals surface area contributed by atoms with E-state index in [1.807, 2.05) is 43.9 Å². The lowest BCUT2D eigenvalue weighted by Gasteiger charge is -2.32. The fraction of sp³-hybridized carbons (Fsp3) is 0.579. The number of benzene rings is 1. The number of likely N-dealkylation sites (tertiary alicyclic amines) is 1. The molecule has 6 heteroatoms. The molecule has 0 spiro atoms. The van der Waals surface area contributed by atoms with Gasteiger partial charge in [-0.3, -0.25) is 9.59 Å². The second-order valence-corrected chi connectivity index (χ2v) is 7.33. The predicted molar refractivity (Wildman–Crippen MR) is 95.9 cm³/mol. The summed E-state index contributed by atoms with van der Waals surface area (Å²) in [6, 6.07) is 5.54. The third-order valence-corrected chi connectivity index (χ3v) is 4.39. The molecule has 1 heterocycles. The summed E-state index contributed by atoms with van der Waals surface area (Å²) in [5.41, 5.74) is 0.794. The summed E-state index contributed by atoms with van der Waals surface area (Å²) in [6.07, 6.45) is 1.35. The molecule has 25 heavy (non-hydrogen) atoms. The van der Waals surface area contributed by atoms with Crippen LogP contribution in [0.1, 0.15) is 39.2 Å². The van der Waals surface area contributed by atoms with E-state index >= 15 is 0 Å². The van der Waals surface area contributed by atoms with E-state index in [0.717, 1.165) is 5.56 Å². The van der Waals surface area contributed by atoms with Crippen LogP contribution in [-0.4, -0.2) is 49.1 Å². The first-order valence-electron chi connectivity index (χ1n) is 8.55. The van der Waals surface area contributed by atoms with Gasteiger partial charge in [-0.2, -0.15) is 0 Å². The first-order valence-corrected chi connectivity index (χ1v) is 8.55. The van der Waals surface area contributed by atoms with Crippen molar-refractivity contribution in [3.63, 3.8) is 0 Å². The van der Waals surface area contributed by atoms with E-state index in [1.165, 1.54) is 0 Å². The monoisotopic (exact) mass is 348 g/mol. The Kier molecular flexibility index (Phi) is 5.93. The van der Waals surface area contributed by atoms with E-state index in [-0.39, 0.29) is 23.4 Å². The van der Waals surface area contributed by atoms with E-state index < -0.39 is 0 Å². The Labute approximate surface area is 149 Å². The largest absolute Gasteiger partial charge is 0.493 e. The van der Waals surface area contributed by atoms with Crippen molar-refractivity contribution >= 4 is 11.8 Å². The molecule has 1 saturated heterocycles. The van der Waals surface area contributed by atoms with Crippen molar-refractivity contribution in [2.75, 3.05) is 20.8 Å². The Bertz CT molecular complexity index is 637. The number of nitrogens with one attached hydrogen (secondary N) is 1. The van der Waals surface area contributed by atoms with Crippen LogP contribution in [0.15, 0.2) is 18.2 Å². The number of carbonyl (C=O) groups is 2. The molecule has 0 radical (unpaired) electrons. The molecule has 1 N–H and O–H groups in total. The van der Waals surface area contributed by atoms with Crippen LogP contribution in [0.3, 0.4) is 0 Å². The SMILES string of the molecule is COc1ccc(CCC(=O)NC2CC(=O)N(C(C)(C)C)C2)cc1OC. The van der Waals surface area contributed by atoms with E-state index in [9.17, 15) is 9.59 Å². The summed E-state index contributed by atoms with van der Waals surface area (Å²) in [7, 11) is 3.18. The molecule has 2 rings (SSSR count). The van der Waals surface area contributed by atoms with E-state index in [1.54, 1.807) is 14.2 Å². The van der Waals surface area contributed by atoms with Crippen molar-refractivity contribution in [2.24, 2.45) is 0 Å². The van der Waals surface area contributed by atoms with Crippen molar-refractivity contribution in [3.05, 3.63) is 23.8 Å². The maximum atomic E-state index is 12.2. The highest BCUT2D eigenvalue weighted by atomic mass is 16.5. The molecular weight excluding hydrogens is 320 g/mol. The highest BCUT2D eigenvalue weighted by Crippen LogP contribution is 2.28. The fourth-order valence-corrected chi connectivity index (χ4v) is 3.05. The minimum Gasteiger partial charge on any atom is -0.493 e. The van der Waals surface area contributed by atoms with E-state index in [4.69, 9.17) is 9.47 Å². The number of hydrogen-bond donors (Lipinski definition) is 1. The standard InChI is InChI=1S/C19H28N2O4/c1-19(2,3)21-12-14(11-18(21)23)20-17(22)9-7-13-6-8-15(24-4)16(10-13)25-5/h6,8,10,14H,7,9,11-12H2,1-5H3,(H,20,22). The molecular formula is C19H28N2O4. The second-order valence-electron chi connectivity index (χ2n) is 7.33. The lowest BCUT2D eigenvalue weighted by molar-refractivity contribution is -0.131. The topological polar surface area (TPSA) is 67.9 Å². The summed E-state index contributed by atoms with van der Waals surface area (Å²) in [5, 5.41) is 2.98. The first-order chi connectivity index (χ1) is 11.7. The van der Waals surface area contributed by atoms with Gasteiger partial charge in [0.05, 0.1) is 20.3 Å². The smallest absolute Gasteiger partial charge is 0.225 e. The molecule has 6 nitrogen and oxygen atoms in total. The van der Waals surface area contributed by atoms with Crippen molar-refractivity contribution < 1.29 is 19.1 Å². The predicted octanol–water partition coefficient (Wildman–Crippen LogP) is 2.15. The molecule has 1 atom stereocenters. The van der Waals surface area contributed by atoms with Gasteiger partial charge >= 0.3 is 0 Å². The summed E-state index contributed by atoms with van der Waals surface area (Å²) in [6.45, 7) is 6.59. The average molecular weight is 348 g/mol. The molecule has 1 unspecified atom stereocenters. The molecule has 1 aromatic rings. The van der Waals surface area contributed by atoms with Gasteiger partial charge in [0, 0.05) is 24.9 Å². The summed E-state index contributed by atoms with van der Waals surface area (Å²) < 4.78 is 10.5. The first kappa shape index (κ1) is 19.1. The summed E-state index contributed by atoms with van der Waals surface area (Å²) in [4.78, 5) is 26.1. The van der Waals surface area contributed by atoms with Crippen LogP contribution in [0.2, 0.25) is 0 Å². The van der Waals surface area contributed by atoms with Crippen molar-refractivity contribution in [1.29, 1.82) is 0 Å². The number of hydrogen-bond acceptors (Lipinski definition) is 4. The number of aryl methyl sites for hydroxylation is 1. The van der Waals surface area contributed by atoms with E-state index in [0.29, 0.717) is 37.3 Å². The Hall–Kier alpha value is -2.24.